The van der Waals surface area contributed by atoms with Crippen molar-refractivity contribution in [1.82, 2.24) is 0 Å². The van der Waals surface area contributed by atoms with Crippen LogP contribution in [0.5, 0.6) is 5.75 Å². The molecule has 0 amide bonds. The lowest BCUT2D eigenvalue weighted by molar-refractivity contribution is 0.475. The minimum absolute atomic E-state index is 0.0314. The van der Waals surface area contributed by atoms with Crippen LogP contribution in [-0.2, 0) is 10.0 Å². The third-order valence-electron chi connectivity index (χ3n) is 2.40. The normalized spacial score (nSPS) is 11.3. The van der Waals surface area contributed by atoms with Gasteiger partial charge in [0.25, 0.3) is 10.0 Å². The van der Waals surface area contributed by atoms with E-state index >= 15 is 0 Å². The van der Waals surface area contributed by atoms with Gasteiger partial charge in [-0.25, -0.2) is 8.42 Å². The summed E-state index contributed by atoms with van der Waals surface area (Å²) < 4.78 is 26.6. The van der Waals surface area contributed by atoms with Crippen LogP contribution in [0.4, 0.5) is 5.69 Å². The van der Waals surface area contributed by atoms with E-state index in [4.69, 9.17) is 34.8 Å². The zero-order chi connectivity index (χ0) is 14.9. The van der Waals surface area contributed by atoms with Crippen LogP contribution in [0.3, 0.4) is 0 Å². The summed E-state index contributed by atoms with van der Waals surface area (Å²) in [6.07, 6.45) is 0. The van der Waals surface area contributed by atoms with E-state index in [0.717, 1.165) is 0 Å². The van der Waals surface area contributed by atoms with Gasteiger partial charge >= 0.3 is 0 Å². The highest BCUT2D eigenvalue weighted by Crippen LogP contribution is 2.29. The van der Waals surface area contributed by atoms with Crippen molar-refractivity contribution in [1.29, 1.82) is 0 Å². The summed E-state index contributed by atoms with van der Waals surface area (Å²) in [5.74, 6) is -0.135. The quantitative estimate of drug-likeness (QED) is 0.815. The summed E-state index contributed by atoms with van der Waals surface area (Å²) in [7, 11) is -3.82. The molecule has 0 aromatic heterocycles. The minimum Gasteiger partial charge on any atom is -0.506 e. The molecule has 0 bridgehead atoms. The molecule has 0 saturated carbocycles. The standard InChI is InChI=1S/C12H8Cl3NO3S/c13-9-3-2-8(6-10(9)14)20(18,19)16-7-1-4-12(17)11(15)5-7/h1-6,16-17H. The number of anilines is 1. The first-order valence-electron chi connectivity index (χ1n) is 5.26. The molecule has 106 valence electrons. The molecule has 0 spiro atoms. The van der Waals surface area contributed by atoms with Gasteiger partial charge in [-0.1, -0.05) is 34.8 Å². The molecule has 0 radical (unpaired) electrons. The third-order valence-corrected chi connectivity index (χ3v) is 4.82. The van der Waals surface area contributed by atoms with Gasteiger partial charge < -0.3 is 5.11 Å². The van der Waals surface area contributed by atoms with Gasteiger partial charge in [0, 0.05) is 0 Å². The summed E-state index contributed by atoms with van der Waals surface area (Å²) in [4.78, 5) is -0.0314. The van der Waals surface area contributed by atoms with Crippen LogP contribution in [0.15, 0.2) is 41.3 Å². The molecule has 2 aromatic rings. The predicted molar refractivity (Wildman–Crippen MR) is 80.4 cm³/mol. The van der Waals surface area contributed by atoms with E-state index in [1.54, 1.807) is 0 Å². The molecule has 20 heavy (non-hydrogen) atoms. The topological polar surface area (TPSA) is 66.4 Å². The first-order valence-corrected chi connectivity index (χ1v) is 7.88. The average molecular weight is 353 g/mol. The molecule has 4 nitrogen and oxygen atoms in total. The van der Waals surface area contributed by atoms with Crippen LogP contribution in [-0.4, -0.2) is 13.5 Å². The second-order valence-corrected chi connectivity index (χ2v) is 6.75. The Bertz CT molecular complexity index is 763. The van der Waals surface area contributed by atoms with Crippen LogP contribution in [0.25, 0.3) is 0 Å². The first-order chi connectivity index (χ1) is 9.29. The fraction of sp³-hybridized carbons (Fsp3) is 0. The maximum absolute atomic E-state index is 12.1. The van der Waals surface area contributed by atoms with Gasteiger partial charge in [0.05, 0.1) is 25.7 Å². The molecule has 0 heterocycles. The van der Waals surface area contributed by atoms with Crippen molar-refractivity contribution in [3.05, 3.63) is 51.5 Å². The van der Waals surface area contributed by atoms with Gasteiger partial charge in [-0.05, 0) is 36.4 Å². The Morgan fingerprint density at radius 3 is 2.20 bits per heavy atom. The molecule has 0 aliphatic rings. The smallest absolute Gasteiger partial charge is 0.261 e. The van der Waals surface area contributed by atoms with Gasteiger partial charge in [-0.2, -0.15) is 0 Å². The van der Waals surface area contributed by atoms with Crippen LogP contribution in [0.2, 0.25) is 15.1 Å². The number of nitrogens with one attached hydrogen (secondary N) is 1. The average Bonchev–Trinajstić information content (AvgIpc) is 2.37. The number of benzene rings is 2. The highest BCUT2D eigenvalue weighted by atomic mass is 35.5. The number of hydrogen-bond donors (Lipinski definition) is 2. The number of rotatable bonds is 3. The lowest BCUT2D eigenvalue weighted by atomic mass is 10.3. The number of hydrogen-bond acceptors (Lipinski definition) is 3. The third kappa shape index (κ3) is 3.30. The lowest BCUT2D eigenvalue weighted by Crippen LogP contribution is -2.12. The maximum atomic E-state index is 12.1. The maximum Gasteiger partial charge on any atom is 0.261 e. The Kier molecular flexibility index (Phi) is 4.34. The number of sulfonamides is 1. The Hall–Kier alpha value is -1.14. The van der Waals surface area contributed by atoms with E-state index in [0.29, 0.717) is 0 Å². The van der Waals surface area contributed by atoms with Crippen molar-refractivity contribution >= 4 is 50.5 Å². The second kappa shape index (κ2) is 5.69. The van der Waals surface area contributed by atoms with Crippen molar-refractivity contribution in [2.75, 3.05) is 4.72 Å². The van der Waals surface area contributed by atoms with Gasteiger partial charge in [-0.3, -0.25) is 4.72 Å². The van der Waals surface area contributed by atoms with Crippen molar-refractivity contribution < 1.29 is 13.5 Å². The predicted octanol–water partition coefficient (Wildman–Crippen LogP) is 4.15. The molecule has 0 unspecified atom stereocenters. The van der Waals surface area contributed by atoms with Gasteiger partial charge in [0.2, 0.25) is 0 Å². The van der Waals surface area contributed by atoms with Gasteiger partial charge in [-0.15, -0.1) is 0 Å². The van der Waals surface area contributed by atoms with Gasteiger partial charge in [0.15, 0.2) is 0 Å². The first kappa shape index (κ1) is 15.3. The number of aromatic hydroxyl groups is 1. The summed E-state index contributed by atoms with van der Waals surface area (Å²) in [6, 6.07) is 7.94. The summed E-state index contributed by atoms with van der Waals surface area (Å²) in [5.41, 5.74) is 0.221. The lowest BCUT2D eigenvalue weighted by Gasteiger charge is -2.09. The van der Waals surface area contributed by atoms with Gasteiger partial charge in [0.1, 0.15) is 5.75 Å². The monoisotopic (exact) mass is 351 g/mol. The fourth-order valence-corrected chi connectivity index (χ4v) is 3.05. The molecular formula is C12H8Cl3NO3S. The molecule has 0 fully saturated rings. The molecule has 8 heteroatoms. The molecular weight excluding hydrogens is 345 g/mol. The molecule has 0 aliphatic carbocycles. The number of phenols is 1. The zero-order valence-electron chi connectivity index (χ0n) is 9.77. The number of halogens is 3. The van der Waals surface area contributed by atoms with E-state index in [1.807, 2.05) is 0 Å². The molecule has 2 rings (SSSR count). The highest BCUT2D eigenvalue weighted by molar-refractivity contribution is 7.92. The van der Waals surface area contributed by atoms with Crippen LogP contribution < -0.4 is 4.72 Å². The Morgan fingerprint density at radius 1 is 0.900 bits per heavy atom. The van der Waals surface area contributed by atoms with E-state index < -0.39 is 10.0 Å². The van der Waals surface area contributed by atoms with Crippen molar-refractivity contribution in [2.45, 2.75) is 4.90 Å². The molecule has 0 aliphatic heterocycles. The second-order valence-electron chi connectivity index (χ2n) is 3.85. The largest absolute Gasteiger partial charge is 0.506 e. The Labute approximate surface area is 131 Å². The number of phenolic OH excluding ortho intramolecular Hbond substituents is 1. The fourth-order valence-electron chi connectivity index (χ4n) is 1.43. The summed E-state index contributed by atoms with van der Waals surface area (Å²) in [5, 5.41) is 9.73. The Balaban J connectivity index is 2.35. The van der Waals surface area contributed by atoms with Crippen LogP contribution >= 0.6 is 34.8 Å². The van der Waals surface area contributed by atoms with E-state index in [9.17, 15) is 13.5 Å². The van der Waals surface area contributed by atoms with E-state index in [1.165, 1.54) is 36.4 Å². The van der Waals surface area contributed by atoms with Crippen LogP contribution in [0, 0.1) is 0 Å². The summed E-state index contributed by atoms with van der Waals surface area (Å²) in [6.45, 7) is 0. The van der Waals surface area contributed by atoms with E-state index in [-0.39, 0.29) is 31.4 Å². The highest BCUT2D eigenvalue weighted by Gasteiger charge is 2.16. The molecule has 2 aromatic carbocycles. The molecule has 2 N–H and O–H groups in total. The Morgan fingerprint density at radius 2 is 1.60 bits per heavy atom. The van der Waals surface area contributed by atoms with Crippen molar-refractivity contribution in [3.8, 4) is 5.75 Å². The zero-order valence-corrected chi connectivity index (χ0v) is 12.9. The van der Waals surface area contributed by atoms with Crippen molar-refractivity contribution in [2.24, 2.45) is 0 Å². The molecule has 0 saturated heterocycles. The summed E-state index contributed by atoms with van der Waals surface area (Å²) >= 11 is 17.2. The van der Waals surface area contributed by atoms with Crippen LogP contribution in [0.1, 0.15) is 0 Å². The van der Waals surface area contributed by atoms with Crippen molar-refractivity contribution in [3.63, 3.8) is 0 Å². The SMILES string of the molecule is O=S(=O)(Nc1ccc(O)c(Cl)c1)c1ccc(Cl)c(Cl)c1. The minimum atomic E-state index is -3.82. The molecule has 0 atom stereocenters. The van der Waals surface area contributed by atoms with E-state index in [2.05, 4.69) is 4.72 Å².